The Bertz CT molecular complexity index is 505. The number of amides is 1. The first-order chi connectivity index (χ1) is 9.86. The van der Waals surface area contributed by atoms with Crippen LogP contribution in [0.3, 0.4) is 0 Å². The van der Waals surface area contributed by atoms with Gasteiger partial charge in [0.05, 0.1) is 17.5 Å². The topological polar surface area (TPSA) is 75.5 Å². The lowest BCUT2D eigenvalue weighted by Gasteiger charge is -2.26. The van der Waals surface area contributed by atoms with Crippen LogP contribution >= 0.6 is 0 Å². The zero-order valence-corrected chi connectivity index (χ0v) is 13.0. The molecule has 116 valence electrons. The first-order valence-electron chi connectivity index (χ1n) is 7.10. The van der Waals surface area contributed by atoms with E-state index >= 15 is 0 Å². The highest BCUT2D eigenvalue weighted by molar-refractivity contribution is 5.78. The van der Waals surface area contributed by atoms with Crippen molar-refractivity contribution in [3.63, 3.8) is 0 Å². The standard InChI is InChI=1S/C15H23N3O3/c1-5-11(2)16-10-15(19)17(4)12(3)13-7-6-8-14(9-13)18(20)21/h6-9,11-12,16H,5,10H2,1-4H3. The predicted octanol–water partition coefficient (Wildman–Crippen LogP) is 2.50. The third-order valence-corrected chi connectivity index (χ3v) is 3.75. The van der Waals surface area contributed by atoms with Gasteiger partial charge in [-0.25, -0.2) is 0 Å². The van der Waals surface area contributed by atoms with Crippen molar-refractivity contribution in [1.29, 1.82) is 0 Å². The lowest BCUT2D eigenvalue weighted by Crippen LogP contribution is -2.39. The van der Waals surface area contributed by atoms with Gasteiger partial charge in [-0.1, -0.05) is 19.1 Å². The second-order valence-electron chi connectivity index (χ2n) is 5.22. The number of rotatable bonds is 7. The molecule has 1 rings (SSSR count). The maximum absolute atomic E-state index is 12.1. The molecule has 1 aromatic rings. The number of carbonyl (C=O) groups is 1. The molecular weight excluding hydrogens is 270 g/mol. The molecule has 1 N–H and O–H groups in total. The van der Waals surface area contributed by atoms with E-state index in [2.05, 4.69) is 12.2 Å². The molecule has 0 saturated carbocycles. The maximum atomic E-state index is 12.1. The number of nitro benzene ring substituents is 1. The molecule has 0 aliphatic rings. The molecule has 0 aliphatic carbocycles. The Balaban J connectivity index is 2.73. The molecule has 2 unspecified atom stereocenters. The van der Waals surface area contributed by atoms with Gasteiger partial charge in [0.25, 0.3) is 5.69 Å². The maximum Gasteiger partial charge on any atom is 0.269 e. The van der Waals surface area contributed by atoms with Crippen molar-refractivity contribution in [3.05, 3.63) is 39.9 Å². The van der Waals surface area contributed by atoms with E-state index in [0.29, 0.717) is 0 Å². The molecule has 0 fully saturated rings. The van der Waals surface area contributed by atoms with Crippen LogP contribution in [-0.2, 0) is 4.79 Å². The molecule has 21 heavy (non-hydrogen) atoms. The van der Waals surface area contributed by atoms with Crippen molar-refractivity contribution >= 4 is 11.6 Å². The molecule has 0 heterocycles. The van der Waals surface area contributed by atoms with Crippen molar-refractivity contribution in [2.75, 3.05) is 13.6 Å². The minimum Gasteiger partial charge on any atom is -0.338 e. The van der Waals surface area contributed by atoms with E-state index in [9.17, 15) is 14.9 Å². The molecule has 0 saturated heterocycles. The van der Waals surface area contributed by atoms with Crippen LogP contribution in [0.5, 0.6) is 0 Å². The van der Waals surface area contributed by atoms with Gasteiger partial charge in [-0.2, -0.15) is 0 Å². The fourth-order valence-corrected chi connectivity index (χ4v) is 1.87. The highest BCUT2D eigenvalue weighted by Gasteiger charge is 2.19. The van der Waals surface area contributed by atoms with E-state index in [1.54, 1.807) is 24.1 Å². The number of hydrogen-bond donors (Lipinski definition) is 1. The van der Waals surface area contributed by atoms with Gasteiger partial charge in [0, 0.05) is 25.2 Å². The van der Waals surface area contributed by atoms with E-state index in [0.717, 1.165) is 12.0 Å². The van der Waals surface area contributed by atoms with Crippen LogP contribution < -0.4 is 5.32 Å². The summed E-state index contributed by atoms with van der Waals surface area (Å²) in [6.45, 7) is 6.21. The number of non-ortho nitro benzene ring substituents is 1. The van der Waals surface area contributed by atoms with Crippen LogP contribution in [0.25, 0.3) is 0 Å². The van der Waals surface area contributed by atoms with E-state index in [1.807, 2.05) is 13.8 Å². The van der Waals surface area contributed by atoms with Gasteiger partial charge in [-0.15, -0.1) is 0 Å². The van der Waals surface area contributed by atoms with Gasteiger partial charge >= 0.3 is 0 Å². The minimum atomic E-state index is -0.428. The Morgan fingerprint density at radius 1 is 1.43 bits per heavy atom. The number of benzene rings is 1. The molecule has 1 amide bonds. The highest BCUT2D eigenvalue weighted by atomic mass is 16.6. The Kier molecular flexibility index (Phi) is 6.30. The monoisotopic (exact) mass is 293 g/mol. The van der Waals surface area contributed by atoms with Crippen LogP contribution in [-0.4, -0.2) is 35.4 Å². The van der Waals surface area contributed by atoms with Crippen molar-refractivity contribution in [2.45, 2.75) is 39.3 Å². The minimum absolute atomic E-state index is 0.0330. The van der Waals surface area contributed by atoms with Crippen LogP contribution in [0, 0.1) is 10.1 Å². The van der Waals surface area contributed by atoms with Gasteiger partial charge in [0.2, 0.25) is 5.91 Å². The molecule has 6 nitrogen and oxygen atoms in total. The summed E-state index contributed by atoms with van der Waals surface area (Å²) < 4.78 is 0. The van der Waals surface area contributed by atoms with Crippen LogP contribution in [0.4, 0.5) is 5.69 Å². The quantitative estimate of drug-likeness (QED) is 0.619. The largest absolute Gasteiger partial charge is 0.338 e. The van der Waals surface area contributed by atoms with E-state index in [1.165, 1.54) is 12.1 Å². The molecule has 1 aromatic carbocycles. The number of nitrogens with one attached hydrogen (secondary N) is 1. The summed E-state index contributed by atoms with van der Waals surface area (Å²) in [6, 6.07) is 6.47. The second-order valence-corrected chi connectivity index (χ2v) is 5.22. The Morgan fingerprint density at radius 2 is 2.10 bits per heavy atom. The predicted molar refractivity (Wildman–Crippen MR) is 82.0 cm³/mol. The summed E-state index contributed by atoms with van der Waals surface area (Å²) in [5.74, 6) is -0.0330. The number of nitro groups is 1. The fourth-order valence-electron chi connectivity index (χ4n) is 1.87. The summed E-state index contributed by atoms with van der Waals surface area (Å²) in [4.78, 5) is 24.1. The average molecular weight is 293 g/mol. The van der Waals surface area contributed by atoms with Gasteiger partial charge in [0.15, 0.2) is 0 Å². The second kappa shape index (κ2) is 7.73. The van der Waals surface area contributed by atoms with Crippen LogP contribution in [0.1, 0.15) is 38.8 Å². The summed E-state index contributed by atoms with van der Waals surface area (Å²) in [5.41, 5.74) is 0.793. The highest BCUT2D eigenvalue weighted by Crippen LogP contribution is 2.22. The third kappa shape index (κ3) is 4.82. The lowest BCUT2D eigenvalue weighted by atomic mass is 10.1. The van der Waals surface area contributed by atoms with Gasteiger partial charge < -0.3 is 10.2 Å². The molecular formula is C15H23N3O3. The van der Waals surface area contributed by atoms with Crippen molar-refractivity contribution in [2.24, 2.45) is 0 Å². The van der Waals surface area contributed by atoms with E-state index in [4.69, 9.17) is 0 Å². The number of hydrogen-bond acceptors (Lipinski definition) is 4. The number of nitrogens with zero attached hydrogens (tertiary/aromatic N) is 2. The van der Waals surface area contributed by atoms with Gasteiger partial charge in [0.1, 0.15) is 0 Å². The first kappa shape index (κ1) is 17.1. The molecule has 6 heteroatoms. The summed E-state index contributed by atoms with van der Waals surface area (Å²) in [5, 5.41) is 14.0. The molecule has 0 spiro atoms. The Labute approximate surface area is 125 Å². The van der Waals surface area contributed by atoms with Gasteiger partial charge in [-0.3, -0.25) is 14.9 Å². The van der Waals surface area contributed by atoms with E-state index < -0.39 is 4.92 Å². The molecule has 0 bridgehead atoms. The summed E-state index contributed by atoms with van der Waals surface area (Å²) in [7, 11) is 1.71. The Hall–Kier alpha value is -1.95. The van der Waals surface area contributed by atoms with Crippen LogP contribution in [0.2, 0.25) is 0 Å². The summed E-state index contributed by atoms with van der Waals surface area (Å²) in [6.07, 6.45) is 0.956. The molecule has 0 aliphatic heterocycles. The number of likely N-dealkylation sites (N-methyl/N-ethyl adjacent to an activating group) is 1. The third-order valence-electron chi connectivity index (χ3n) is 3.75. The van der Waals surface area contributed by atoms with Gasteiger partial charge in [-0.05, 0) is 25.8 Å². The molecule has 0 radical (unpaired) electrons. The van der Waals surface area contributed by atoms with Crippen LogP contribution in [0.15, 0.2) is 24.3 Å². The zero-order valence-electron chi connectivity index (χ0n) is 13.0. The van der Waals surface area contributed by atoms with E-state index in [-0.39, 0.29) is 30.2 Å². The normalized spacial score (nSPS) is 13.5. The van der Waals surface area contributed by atoms with Crippen molar-refractivity contribution in [3.8, 4) is 0 Å². The first-order valence-corrected chi connectivity index (χ1v) is 7.10. The van der Waals surface area contributed by atoms with Crippen molar-refractivity contribution in [1.82, 2.24) is 10.2 Å². The SMILES string of the molecule is CCC(C)NCC(=O)N(C)C(C)c1cccc([N+](=O)[O-])c1. The smallest absolute Gasteiger partial charge is 0.269 e. The molecule has 0 aromatic heterocycles. The fraction of sp³-hybridized carbons (Fsp3) is 0.533. The van der Waals surface area contributed by atoms with Crippen molar-refractivity contribution < 1.29 is 9.72 Å². The number of carbonyl (C=O) groups excluding carboxylic acids is 1. The zero-order chi connectivity index (χ0) is 16.0. The summed E-state index contributed by atoms with van der Waals surface area (Å²) >= 11 is 0. The molecule has 2 atom stereocenters. The average Bonchev–Trinajstić information content (AvgIpc) is 2.50. The lowest BCUT2D eigenvalue weighted by molar-refractivity contribution is -0.384. The Morgan fingerprint density at radius 3 is 2.67 bits per heavy atom.